The van der Waals surface area contributed by atoms with E-state index in [0.717, 1.165) is 12.8 Å². The first-order valence-corrected chi connectivity index (χ1v) is 9.32. The Hall–Kier alpha value is -1.88. The van der Waals surface area contributed by atoms with Gasteiger partial charge in [0.25, 0.3) is 0 Å². The maximum Gasteiger partial charge on any atom is 0.239 e. The molecule has 138 valence electrons. The Labute approximate surface area is 150 Å². The van der Waals surface area contributed by atoms with E-state index in [1.54, 1.807) is 0 Å². The molecule has 1 aliphatic rings. The van der Waals surface area contributed by atoms with Crippen LogP contribution in [0.5, 0.6) is 0 Å². The Bertz CT molecular complexity index is 551. The normalized spacial score (nSPS) is 21.6. The molecule has 1 fully saturated rings. The Morgan fingerprint density at radius 1 is 1.08 bits per heavy atom. The van der Waals surface area contributed by atoms with Crippen molar-refractivity contribution in [2.24, 2.45) is 17.6 Å². The molecule has 0 aliphatic heterocycles. The van der Waals surface area contributed by atoms with E-state index in [2.05, 4.69) is 41.0 Å². The molecule has 5 heteroatoms. The van der Waals surface area contributed by atoms with Crippen molar-refractivity contribution in [3.63, 3.8) is 0 Å². The first kappa shape index (κ1) is 19.4. The zero-order valence-electron chi connectivity index (χ0n) is 15.3. The highest BCUT2D eigenvalue weighted by Crippen LogP contribution is 2.35. The fourth-order valence-electron chi connectivity index (χ4n) is 3.33. The topological polar surface area (TPSA) is 84.2 Å². The lowest BCUT2D eigenvalue weighted by atomic mass is 9.79. The third-order valence-corrected chi connectivity index (χ3v) is 5.15. The molecule has 1 aliphatic carbocycles. The molecule has 5 nitrogen and oxygen atoms in total. The van der Waals surface area contributed by atoms with E-state index in [1.165, 1.54) is 18.4 Å². The molecule has 25 heavy (non-hydrogen) atoms. The van der Waals surface area contributed by atoms with Crippen molar-refractivity contribution in [3.8, 4) is 0 Å². The quantitative estimate of drug-likeness (QED) is 0.708. The third-order valence-electron chi connectivity index (χ3n) is 5.15. The van der Waals surface area contributed by atoms with Crippen LogP contribution in [0.25, 0.3) is 0 Å². The lowest BCUT2D eigenvalue weighted by molar-refractivity contribution is -0.127. The van der Waals surface area contributed by atoms with Crippen molar-refractivity contribution < 1.29 is 9.59 Å². The van der Waals surface area contributed by atoms with Crippen molar-refractivity contribution in [1.29, 1.82) is 0 Å². The molecule has 2 amide bonds. The summed E-state index contributed by atoms with van der Waals surface area (Å²) in [4.78, 5) is 23.7. The van der Waals surface area contributed by atoms with Crippen molar-refractivity contribution in [3.05, 3.63) is 35.9 Å². The minimum Gasteiger partial charge on any atom is -0.354 e. The summed E-state index contributed by atoms with van der Waals surface area (Å²) >= 11 is 0. The minimum absolute atomic E-state index is 0.00138. The van der Waals surface area contributed by atoms with Gasteiger partial charge in [-0.25, -0.2) is 0 Å². The molecule has 4 N–H and O–H groups in total. The SMILES string of the molecule is CC(C)[C@H](N)C(=O)NCC(=O)NCC1CCC(c2ccccc2)CC1. The average molecular weight is 345 g/mol. The average Bonchev–Trinajstić information content (AvgIpc) is 2.64. The molecule has 1 aromatic carbocycles. The summed E-state index contributed by atoms with van der Waals surface area (Å²) in [5.41, 5.74) is 7.18. The van der Waals surface area contributed by atoms with Gasteiger partial charge >= 0.3 is 0 Å². The summed E-state index contributed by atoms with van der Waals surface area (Å²) in [5.74, 6) is 0.813. The molecular formula is C20H31N3O2. The van der Waals surface area contributed by atoms with Crippen LogP contribution in [0.1, 0.15) is 51.0 Å². The van der Waals surface area contributed by atoms with Crippen LogP contribution in [0.4, 0.5) is 0 Å². The molecular weight excluding hydrogens is 314 g/mol. The maximum absolute atomic E-state index is 11.9. The number of rotatable bonds is 7. The first-order chi connectivity index (χ1) is 12.0. The first-order valence-electron chi connectivity index (χ1n) is 9.32. The minimum atomic E-state index is -0.568. The van der Waals surface area contributed by atoms with Crippen molar-refractivity contribution in [2.45, 2.75) is 51.5 Å². The van der Waals surface area contributed by atoms with Crippen LogP contribution in [0.3, 0.4) is 0 Å². The molecule has 0 heterocycles. The monoisotopic (exact) mass is 345 g/mol. The van der Waals surface area contributed by atoms with Gasteiger partial charge < -0.3 is 16.4 Å². The molecule has 1 saturated carbocycles. The Morgan fingerprint density at radius 2 is 1.72 bits per heavy atom. The van der Waals surface area contributed by atoms with Gasteiger partial charge in [0, 0.05) is 6.54 Å². The molecule has 0 spiro atoms. The number of amides is 2. The van der Waals surface area contributed by atoms with Crippen molar-refractivity contribution >= 4 is 11.8 Å². The van der Waals surface area contributed by atoms with E-state index in [0.29, 0.717) is 18.4 Å². The van der Waals surface area contributed by atoms with Crippen molar-refractivity contribution in [2.75, 3.05) is 13.1 Å². The summed E-state index contributed by atoms with van der Waals surface area (Å²) < 4.78 is 0. The van der Waals surface area contributed by atoms with Gasteiger partial charge in [0.15, 0.2) is 0 Å². The molecule has 0 unspecified atom stereocenters. The molecule has 1 atom stereocenters. The summed E-state index contributed by atoms with van der Waals surface area (Å²) in [7, 11) is 0. The van der Waals surface area contributed by atoms with Gasteiger partial charge in [0.1, 0.15) is 0 Å². The summed E-state index contributed by atoms with van der Waals surface area (Å²) in [6, 6.07) is 10.1. The zero-order chi connectivity index (χ0) is 18.2. The van der Waals surface area contributed by atoms with Gasteiger partial charge in [0.05, 0.1) is 12.6 Å². The van der Waals surface area contributed by atoms with Gasteiger partial charge in [-0.3, -0.25) is 9.59 Å². The van der Waals surface area contributed by atoms with Crippen LogP contribution in [-0.4, -0.2) is 30.9 Å². The van der Waals surface area contributed by atoms with E-state index in [1.807, 2.05) is 13.8 Å². The van der Waals surface area contributed by atoms with E-state index < -0.39 is 6.04 Å². The van der Waals surface area contributed by atoms with Crippen LogP contribution in [0, 0.1) is 11.8 Å². The molecule has 0 bridgehead atoms. The van der Waals surface area contributed by atoms with Gasteiger partial charge in [-0.1, -0.05) is 44.2 Å². The molecule has 0 saturated heterocycles. The molecule has 2 rings (SSSR count). The highest BCUT2D eigenvalue weighted by Gasteiger charge is 2.23. The van der Waals surface area contributed by atoms with Crippen molar-refractivity contribution in [1.82, 2.24) is 10.6 Å². The lowest BCUT2D eigenvalue weighted by Gasteiger charge is -2.29. The number of hydrogen-bond acceptors (Lipinski definition) is 3. The van der Waals surface area contributed by atoms with Crippen LogP contribution in [0.15, 0.2) is 30.3 Å². The van der Waals surface area contributed by atoms with Gasteiger partial charge in [-0.2, -0.15) is 0 Å². The number of nitrogens with one attached hydrogen (secondary N) is 2. The largest absolute Gasteiger partial charge is 0.354 e. The zero-order valence-corrected chi connectivity index (χ0v) is 15.3. The van der Waals surface area contributed by atoms with Crippen LogP contribution >= 0.6 is 0 Å². The number of carbonyl (C=O) groups excluding carboxylic acids is 2. The maximum atomic E-state index is 11.9. The standard InChI is InChI=1S/C20H31N3O2/c1-14(2)19(21)20(25)23-13-18(24)22-12-15-8-10-17(11-9-15)16-6-4-3-5-7-16/h3-7,14-15,17,19H,8-13,21H2,1-2H3,(H,22,24)(H,23,25)/t15?,17?,19-/m0/s1. The predicted molar refractivity (Wildman–Crippen MR) is 100.0 cm³/mol. The second kappa shape index (κ2) is 9.56. The highest BCUT2D eigenvalue weighted by atomic mass is 16.2. The Balaban J connectivity index is 1.64. The molecule has 0 aromatic heterocycles. The fraction of sp³-hybridized carbons (Fsp3) is 0.600. The number of nitrogens with two attached hydrogens (primary N) is 1. The third kappa shape index (κ3) is 6.16. The number of hydrogen-bond donors (Lipinski definition) is 3. The lowest BCUT2D eigenvalue weighted by Crippen LogP contribution is -2.47. The highest BCUT2D eigenvalue weighted by molar-refractivity contribution is 5.87. The Morgan fingerprint density at radius 3 is 2.32 bits per heavy atom. The van der Waals surface area contributed by atoms with E-state index in [-0.39, 0.29) is 24.3 Å². The van der Waals surface area contributed by atoms with Crippen LogP contribution in [-0.2, 0) is 9.59 Å². The predicted octanol–water partition coefficient (Wildman–Crippen LogP) is 2.18. The van der Waals surface area contributed by atoms with Gasteiger partial charge in [-0.15, -0.1) is 0 Å². The Kier molecular flexibility index (Phi) is 7.44. The molecule has 0 radical (unpaired) electrons. The summed E-state index contributed by atoms with van der Waals surface area (Å²) in [6.45, 7) is 4.46. The van der Waals surface area contributed by atoms with E-state index in [9.17, 15) is 9.59 Å². The van der Waals surface area contributed by atoms with Crippen LogP contribution < -0.4 is 16.4 Å². The summed E-state index contributed by atoms with van der Waals surface area (Å²) in [5, 5.41) is 5.54. The van der Waals surface area contributed by atoms with E-state index >= 15 is 0 Å². The number of benzene rings is 1. The second-order valence-corrected chi connectivity index (χ2v) is 7.42. The molecule has 1 aromatic rings. The van der Waals surface area contributed by atoms with Gasteiger partial charge in [0.2, 0.25) is 11.8 Å². The second-order valence-electron chi connectivity index (χ2n) is 7.42. The van der Waals surface area contributed by atoms with Crippen LogP contribution in [0.2, 0.25) is 0 Å². The smallest absolute Gasteiger partial charge is 0.239 e. The van der Waals surface area contributed by atoms with Gasteiger partial charge in [-0.05, 0) is 49.0 Å². The fourth-order valence-corrected chi connectivity index (χ4v) is 3.33. The summed E-state index contributed by atoms with van der Waals surface area (Å²) in [6.07, 6.45) is 4.60. The van der Waals surface area contributed by atoms with E-state index in [4.69, 9.17) is 5.73 Å². The number of carbonyl (C=O) groups is 2.